The summed E-state index contributed by atoms with van der Waals surface area (Å²) in [6.45, 7) is 7.80. The zero-order valence-corrected chi connectivity index (χ0v) is 18.9. The third kappa shape index (κ3) is 10.1. The summed E-state index contributed by atoms with van der Waals surface area (Å²) in [5, 5.41) is 11.2. The summed E-state index contributed by atoms with van der Waals surface area (Å²) < 4.78 is 0. The average Bonchev–Trinajstić information content (AvgIpc) is 2.74. The number of unbranched alkanes of at least 4 members (excludes halogenated alkanes) is 1. The number of hydrogen-bond donors (Lipinski definition) is 3. The minimum Gasteiger partial charge on any atom is -0.354 e. The fourth-order valence-electron chi connectivity index (χ4n) is 4.66. The van der Waals surface area contributed by atoms with Gasteiger partial charge < -0.3 is 16.0 Å². The Bertz CT molecular complexity index is 375. The second-order valence-corrected chi connectivity index (χ2v) is 9.16. The molecule has 2 aliphatic rings. The number of hydrogen-bond acceptors (Lipinski definition) is 2. The van der Waals surface area contributed by atoms with E-state index in [1.807, 2.05) is 0 Å². The molecule has 3 N–H and O–H groups in total. The smallest absolute Gasteiger partial charge is 0.191 e. The number of aliphatic imine (C=N–C) groups is 1. The fourth-order valence-corrected chi connectivity index (χ4v) is 4.66. The normalized spacial score (nSPS) is 19.9. The van der Waals surface area contributed by atoms with Gasteiger partial charge in [0.2, 0.25) is 0 Å². The molecule has 2 saturated carbocycles. The van der Waals surface area contributed by atoms with Gasteiger partial charge in [0.15, 0.2) is 5.96 Å². The predicted octanol–water partition coefficient (Wildman–Crippen LogP) is 5.38. The van der Waals surface area contributed by atoms with Crippen LogP contribution in [-0.4, -0.2) is 37.7 Å². The molecule has 2 rings (SSSR count). The van der Waals surface area contributed by atoms with Crippen LogP contribution in [0.5, 0.6) is 0 Å². The van der Waals surface area contributed by atoms with Crippen molar-refractivity contribution in [2.75, 3.05) is 19.6 Å². The quantitative estimate of drug-likeness (QED) is 0.237. The lowest BCUT2D eigenvalue weighted by Gasteiger charge is -2.29. The van der Waals surface area contributed by atoms with E-state index in [0.29, 0.717) is 12.1 Å². The Morgan fingerprint density at radius 2 is 1.46 bits per heavy atom. The first-order valence-electron chi connectivity index (χ1n) is 12.6. The first kappa shape index (κ1) is 23.5. The maximum absolute atomic E-state index is 4.95. The van der Waals surface area contributed by atoms with Gasteiger partial charge in [-0.2, -0.15) is 0 Å². The van der Waals surface area contributed by atoms with Gasteiger partial charge in [-0.3, -0.25) is 4.99 Å². The number of rotatable bonds is 12. The van der Waals surface area contributed by atoms with E-state index in [0.717, 1.165) is 31.4 Å². The number of nitrogens with one attached hydrogen (secondary N) is 3. The second-order valence-electron chi connectivity index (χ2n) is 9.16. The first-order chi connectivity index (χ1) is 13.8. The monoisotopic (exact) mass is 392 g/mol. The first-order valence-corrected chi connectivity index (χ1v) is 12.6. The third-order valence-corrected chi connectivity index (χ3v) is 6.65. The van der Waals surface area contributed by atoms with Crippen LogP contribution >= 0.6 is 0 Å². The molecule has 0 aromatic heterocycles. The van der Waals surface area contributed by atoms with E-state index in [1.165, 1.54) is 96.4 Å². The Hall–Kier alpha value is -0.770. The second kappa shape index (κ2) is 15.1. The molecule has 0 aromatic carbocycles. The number of nitrogens with zero attached hydrogens (tertiary/aromatic N) is 1. The van der Waals surface area contributed by atoms with Crippen molar-refractivity contribution in [1.29, 1.82) is 0 Å². The molecule has 0 bridgehead atoms. The van der Waals surface area contributed by atoms with E-state index >= 15 is 0 Å². The zero-order chi connectivity index (χ0) is 19.9. The average molecular weight is 393 g/mol. The van der Waals surface area contributed by atoms with E-state index in [2.05, 4.69) is 29.8 Å². The third-order valence-electron chi connectivity index (χ3n) is 6.65. The van der Waals surface area contributed by atoms with Gasteiger partial charge in [-0.25, -0.2) is 0 Å². The molecular weight excluding hydrogens is 344 g/mol. The molecule has 0 aromatic rings. The van der Waals surface area contributed by atoms with Crippen molar-refractivity contribution < 1.29 is 0 Å². The molecular formula is C24H48N4. The summed E-state index contributed by atoms with van der Waals surface area (Å²) in [5.74, 6) is 1.94. The Morgan fingerprint density at radius 1 is 0.857 bits per heavy atom. The van der Waals surface area contributed by atoms with Crippen LogP contribution in [0.1, 0.15) is 110 Å². The van der Waals surface area contributed by atoms with Crippen molar-refractivity contribution in [3.63, 3.8) is 0 Å². The van der Waals surface area contributed by atoms with Crippen molar-refractivity contribution in [3.8, 4) is 0 Å². The van der Waals surface area contributed by atoms with E-state index in [1.54, 1.807) is 0 Å². The summed E-state index contributed by atoms with van der Waals surface area (Å²) in [5.41, 5.74) is 0. The molecule has 0 radical (unpaired) electrons. The molecule has 1 unspecified atom stereocenters. The maximum atomic E-state index is 4.95. The van der Waals surface area contributed by atoms with Crippen LogP contribution in [0.2, 0.25) is 0 Å². The molecule has 0 amide bonds. The highest BCUT2D eigenvalue weighted by Crippen LogP contribution is 2.19. The number of guanidine groups is 1. The summed E-state index contributed by atoms with van der Waals surface area (Å²) in [7, 11) is 0. The van der Waals surface area contributed by atoms with Gasteiger partial charge in [-0.05, 0) is 57.5 Å². The highest BCUT2D eigenvalue weighted by molar-refractivity contribution is 5.80. The van der Waals surface area contributed by atoms with Crippen molar-refractivity contribution in [2.24, 2.45) is 10.9 Å². The van der Waals surface area contributed by atoms with Gasteiger partial charge in [0, 0.05) is 18.6 Å². The van der Waals surface area contributed by atoms with Gasteiger partial charge >= 0.3 is 0 Å². The molecule has 0 saturated heterocycles. The highest BCUT2D eigenvalue weighted by Gasteiger charge is 2.18. The van der Waals surface area contributed by atoms with E-state index in [9.17, 15) is 0 Å². The Balaban J connectivity index is 1.70. The SMILES string of the molecule is CCCCC(CC)CNCCCN=C(NC1CCCCC1)NC1CCCCC1. The Morgan fingerprint density at radius 3 is 2.00 bits per heavy atom. The molecule has 1 atom stereocenters. The van der Waals surface area contributed by atoms with E-state index in [-0.39, 0.29) is 0 Å². The van der Waals surface area contributed by atoms with Gasteiger partial charge in [0.25, 0.3) is 0 Å². The predicted molar refractivity (Wildman–Crippen MR) is 123 cm³/mol. The zero-order valence-electron chi connectivity index (χ0n) is 18.9. The lowest BCUT2D eigenvalue weighted by atomic mass is 9.95. The highest BCUT2D eigenvalue weighted by atomic mass is 15.2. The van der Waals surface area contributed by atoms with Crippen LogP contribution < -0.4 is 16.0 Å². The van der Waals surface area contributed by atoms with Crippen LogP contribution in [-0.2, 0) is 0 Å². The maximum Gasteiger partial charge on any atom is 0.191 e. The van der Waals surface area contributed by atoms with Crippen LogP contribution in [0, 0.1) is 5.92 Å². The van der Waals surface area contributed by atoms with Gasteiger partial charge in [0.05, 0.1) is 0 Å². The lowest BCUT2D eigenvalue weighted by Crippen LogP contribution is -2.48. The van der Waals surface area contributed by atoms with Gasteiger partial charge in [-0.1, -0.05) is 71.6 Å². The molecule has 2 aliphatic carbocycles. The molecule has 164 valence electrons. The minimum absolute atomic E-state index is 0.630. The summed E-state index contributed by atoms with van der Waals surface area (Å²) in [6.07, 6.45) is 20.0. The lowest BCUT2D eigenvalue weighted by molar-refractivity contribution is 0.388. The minimum atomic E-state index is 0.630. The molecule has 28 heavy (non-hydrogen) atoms. The van der Waals surface area contributed by atoms with Crippen molar-refractivity contribution in [1.82, 2.24) is 16.0 Å². The fraction of sp³-hybridized carbons (Fsp3) is 0.958. The summed E-state index contributed by atoms with van der Waals surface area (Å²) in [6, 6.07) is 1.26. The molecule has 0 spiro atoms. The van der Waals surface area contributed by atoms with Crippen molar-refractivity contribution >= 4 is 5.96 Å². The van der Waals surface area contributed by atoms with Crippen molar-refractivity contribution in [3.05, 3.63) is 0 Å². The summed E-state index contributed by atoms with van der Waals surface area (Å²) in [4.78, 5) is 4.95. The molecule has 4 nitrogen and oxygen atoms in total. The van der Waals surface area contributed by atoms with Crippen LogP contribution in [0.4, 0.5) is 0 Å². The summed E-state index contributed by atoms with van der Waals surface area (Å²) >= 11 is 0. The van der Waals surface area contributed by atoms with Crippen molar-refractivity contribution in [2.45, 2.75) is 122 Å². The molecule has 0 heterocycles. The largest absolute Gasteiger partial charge is 0.354 e. The topological polar surface area (TPSA) is 48.5 Å². The Kier molecular flexibility index (Phi) is 12.7. The van der Waals surface area contributed by atoms with Crippen LogP contribution in [0.15, 0.2) is 4.99 Å². The molecule has 2 fully saturated rings. The van der Waals surface area contributed by atoms with Crippen LogP contribution in [0.25, 0.3) is 0 Å². The molecule has 4 heteroatoms. The van der Waals surface area contributed by atoms with Crippen LogP contribution in [0.3, 0.4) is 0 Å². The Labute approximate surface area is 175 Å². The van der Waals surface area contributed by atoms with Gasteiger partial charge in [0.1, 0.15) is 0 Å². The molecule has 0 aliphatic heterocycles. The standard InChI is InChI=1S/C24H48N4/c1-3-5-13-21(4-2)20-25-18-12-19-26-24(27-22-14-8-6-9-15-22)28-23-16-10-7-11-17-23/h21-23,25H,3-20H2,1-2H3,(H2,26,27,28). The van der Waals surface area contributed by atoms with Gasteiger partial charge in [-0.15, -0.1) is 0 Å². The van der Waals surface area contributed by atoms with E-state index < -0.39 is 0 Å². The van der Waals surface area contributed by atoms with E-state index in [4.69, 9.17) is 4.99 Å².